The Morgan fingerprint density at radius 3 is 2.67 bits per heavy atom. The maximum atomic E-state index is 12.8. The van der Waals surface area contributed by atoms with Gasteiger partial charge in [0.1, 0.15) is 0 Å². The van der Waals surface area contributed by atoms with E-state index in [0.717, 1.165) is 6.42 Å². The Morgan fingerprint density at radius 1 is 1.52 bits per heavy atom. The number of rotatable bonds is 6. The van der Waals surface area contributed by atoms with Gasteiger partial charge in [-0.3, -0.25) is 4.79 Å². The predicted molar refractivity (Wildman–Crippen MR) is 75.3 cm³/mol. The third-order valence-corrected chi connectivity index (χ3v) is 6.59. The second-order valence-electron chi connectivity index (χ2n) is 5.80. The van der Waals surface area contributed by atoms with Gasteiger partial charge in [0.25, 0.3) is 10.2 Å². The van der Waals surface area contributed by atoms with Crippen LogP contribution in [0.3, 0.4) is 0 Å². The summed E-state index contributed by atoms with van der Waals surface area (Å²) in [7, 11) is -3.71. The van der Waals surface area contributed by atoms with Gasteiger partial charge in [-0.25, -0.2) is 0 Å². The molecule has 0 aromatic rings. The van der Waals surface area contributed by atoms with Crippen molar-refractivity contribution in [2.24, 2.45) is 11.8 Å². The van der Waals surface area contributed by atoms with Crippen LogP contribution < -0.4 is 0 Å². The molecule has 4 atom stereocenters. The number of carboxylic acid groups (broad SMARTS) is 1. The Labute approximate surface area is 125 Å². The lowest BCUT2D eigenvalue weighted by Gasteiger charge is -2.30. The molecule has 2 bridgehead atoms. The Bertz CT molecular complexity index is 556. The predicted octanol–water partition coefficient (Wildman–Crippen LogP) is 0.650. The summed E-state index contributed by atoms with van der Waals surface area (Å²) >= 11 is 0. The Kier molecular flexibility index (Phi) is 4.56. The number of fused-ring (bicyclic) bond motifs is 2. The Morgan fingerprint density at radius 2 is 2.19 bits per heavy atom. The highest BCUT2D eigenvalue weighted by Crippen LogP contribution is 2.44. The van der Waals surface area contributed by atoms with Gasteiger partial charge in [-0.1, -0.05) is 6.92 Å². The van der Waals surface area contributed by atoms with Gasteiger partial charge >= 0.3 is 5.97 Å². The molecule has 2 heterocycles. The van der Waals surface area contributed by atoms with Crippen molar-refractivity contribution < 1.29 is 18.3 Å². The van der Waals surface area contributed by atoms with Gasteiger partial charge in [0.2, 0.25) is 0 Å². The number of nitrogens with zero attached hydrogens (tertiary/aromatic N) is 3. The molecule has 21 heavy (non-hydrogen) atoms. The molecule has 2 saturated heterocycles. The lowest BCUT2D eigenvalue weighted by molar-refractivity contribution is -0.142. The lowest BCUT2D eigenvalue weighted by Crippen LogP contribution is -2.48. The number of aliphatic carboxylic acids is 1. The molecule has 2 fully saturated rings. The SMILES string of the molecule is CCN(CC(C)C#N)S(=O)(=O)N1C2CCC1C(C(=O)O)C2. The summed E-state index contributed by atoms with van der Waals surface area (Å²) in [5.41, 5.74) is 0. The molecule has 0 aliphatic carbocycles. The highest BCUT2D eigenvalue weighted by Gasteiger charge is 2.55. The van der Waals surface area contributed by atoms with Gasteiger partial charge in [-0.05, 0) is 26.2 Å². The molecule has 0 aromatic carbocycles. The quantitative estimate of drug-likeness (QED) is 0.775. The van der Waals surface area contributed by atoms with Crippen LogP contribution in [0.1, 0.15) is 33.1 Å². The van der Waals surface area contributed by atoms with Crippen LogP contribution in [0.25, 0.3) is 0 Å². The fourth-order valence-corrected chi connectivity index (χ4v) is 5.60. The summed E-state index contributed by atoms with van der Waals surface area (Å²) in [5.74, 6) is -1.92. The number of hydrogen-bond donors (Lipinski definition) is 1. The van der Waals surface area contributed by atoms with E-state index in [1.807, 2.05) is 6.07 Å². The second-order valence-corrected chi connectivity index (χ2v) is 7.63. The maximum absolute atomic E-state index is 12.8. The summed E-state index contributed by atoms with van der Waals surface area (Å²) < 4.78 is 28.3. The van der Waals surface area contributed by atoms with Crippen LogP contribution in [-0.2, 0) is 15.0 Å². The highest BCUT2D eigenvalue weighted by molar-refractivity contribution is 7.86. The maximum Gasteiger partial charge on any atom is 0.308 e. The summed E-state index contributed by atoms with van der Waals surface area (Å²) in [6, 6.07) is 1.38. The summed E-state index contributed by atoms with van der Waals surface area (Å²) in [5, 5.41) is 18.1. The zero-order chi connectivity index (χ0) is 15.8. The van der Waals surface area contributed by atoms with E-state index in [-0.39, 0.29) is 19.1 Å². The fraction of sp³-hybridized carbons (Fsp3) is 0.846. The molecule has 0 aromatic heterocycles. The van der Waals surface area contributed by atoms with Crippen LogP contribution in [0.15, 0.2) is 0 Å². The molecular formula is C13H21N3O4S. The number of nitriles is 1. The van der Waals surface area contributed by atoms with Crippen LogP contribution in [0.4, 0.5) is 0 Å². The monoisotopic (exact) mass is 315 g/mol. The van der Waals surface area contributed by atoms with Gasteiger partial charge in [-0.15, -0.1) is 0 Å². The molecule has 118 valence electrons. The summed E-state index contributed by atoms with van der Waals surface area (Å²) in [4.78, 5) is 11.2. The van der Waals surface area contributed by atoms with Crippen molar-refractivity contribution in [2.45, 2.75) is 45.2 Å². The standard InChI is InChI=1S/C13H21N3O4S/c1-3-15(8-9(2)7-14)21(19,20)16-10-4-5-12(16)11(6-10)13(17)18/h9-12H,3-6,8H2,1-2H3,(H,17,18). The second kappa shape index (κ2) is 5.91. The van der Waals surface area contributed by atoms with E-state index in [4.69, 9.17) is 5.26 Å². The van der Waals surface area contributed by atoms with E-state index >= 15 is 0 Å². The van der Waals surface area contributed by atoms with Crippen LogP contribution in [0, 0.1) is 23.2 Å². The molecule has 4 unspecified atom stereocenters. The third kappa shape index (κ3) is 2.78. The lowest BCUT2D eigenvalue weighted by atomic mass is 9.89. The van der Waals surface area contributed by atoms with Crippen molar-refractivity contribution in [3.8, 4) is 6.07 Å². The van der Waals surface area contributed by atoms with Gasteiger partial charge < -0.3 is 5.11 Å². The van der Waals surface area contributed by atoms with Gasteiger partial charge in [0, 0.05) is 25.2 Å². The molecule has 2 rings (SSSR count). The summed E-state index contributed by atoms with van der Waals surface area (Å²) in [6.07, 6.45) is 1.72. The minimum atomic E-state index is -3.71. The molecule has 0 saturated carbocycles. The zero-order valence-corrected chi connectivity index (χ0v) is 13.1. The first-order valence-corrected chi connectivity index (χ1v) is 8.63. The van der Waals surface area contributed by atoms with E-state index in [2.05, 4.69) is 0 Å². The van der Waals surface area contributed by atoms with E-state index < -0.39 is 34.1 Å². The average Bonchev–Trinajstić information content (AvgIpc) is 3.02. The number of carboxylic acids is 1. The average molecular weight is 315 g/mol. The molecular weight excluding hydrogens is 294 g/mol. The zero-order valence-electron chi connectivity index (χ0n) is 12.3. The van der Waals surface area contributed by atoms with E-state index in [1.165, 1.54) is 8.61 Å². The van der Waals surface area contributed by atoms with E-state index in [9.17, 15) is 18.3 Å². The Balaban J connectivity index is 2.24. The fourth-order valence-electron chi connectivity index (χ4n) is 3.43. The first kappa shape index (κ1) is 16.2. The highest BCUT2D eigenvalue weighted by atomic mass is 32.2. The van der Waals surface area contributed by atoms with Crippen molar-refractivity contribution >= 4 is 16.2 Å². The van der Waals surface area contributed by atoms with Gasteiger partial charge in [-0.2, -0.15) is 22.3 Å². The molecule has 0 spiro atoms. The first-order valence-electron chi connectivity index (χ1n) is 7.24. The van der Waals surface area contributed by atoms with Crippen molar-refractivity contribution in [1.82, 2.24) is 8.61 Å². The van der Waals surface area contributed by atoms with E-state index in [1.54, 1.807) is 13.8 Å². The molecule has 8 heteroatoms. The molecule has 2 aliphatic rings. The third-order valence-electron chi connectivity index (χ3n) is 4.43. The van der Waals surface area contributed by atoms with Gasteiger partial charge in [0.15, 0.2) is 0 Å². The minimum absolute atomic E-state index is 0.142. The smallest absolute Gasteiger partial charge is 0.308 e. The van der Waals surface area contributed by atoms with Crippen molar-refractivity contribution in [3.05, 3.63) is 0 Å². The van der Waals surface area contributed by atoms with E-state index in [0.29, 0.717) is 12.8 Å². The van der Waals surface area contributed by atoms with Crippen molar-refractivity contribution in [1.29, 1.82) is 5.26 Å². The molecule has 2 aliphatic heterocycles. The van der Waals surface area contributed by atoms with Gasteiger partial charge in [0.05, 0.1) is 17.9 Å². The van der Waals surface area contributed by atoms with Crippen LogP contribution >= 0.6 is 0 Å². The Hall–Kier alpha value is -1.17. The normalized spacial score (nSPS) is 30.5. The molecule has 1 N–H and O–H groups in total. The molecule has 0 amide bonds. The van der Waals surface area contributed by atoms with Crippen molar-refractivity contribution in [2.75, 3.05) is 13.1 Å². The van der Waals surface area contributed by atoms with Crippen LogP contribution in [-0.4, -0.2) is 53.3 Å². The number of carbonyl (C=O) groups is 1. The topological polar surface area (TPSA) is 102 Å². The first-order chi connectivity index (χ1) is 9.82. The van der Waals surface area contributed by atoms with Crippen molar-refractivity contribution in [3.63, 3.8) is 0 Å². The molecule has 0 radical (unpaired) electrons. The minimum Gasteiger partial charge on any atom is -0.481 e. The largest absolute Gasteiger partial charge is 0.481 e. The van der Waals surface area contributed by atoms with Crippen LogP contribution in [0.2, 0.25) is 0 Å². The summed E-state index contributed by atoms with van der Waals surface area (Å²) in [6.45, 7) is 3.83. The molecule has 7 nitrogen and oxygen atoms in total. The number of hydrogen-bond acceptors (Lipinski definition) is 4. The van der Waals surface area contributed by atoms with Crippen LogP contribution in [0.5, 0.6) is 0 Å².